The third kappa shape index (κ3) is 2.92. The first-order chi connectivity index (χ1) is 11.6. The van der Waals surface area contributed by atoms with Gasteiger partial charge in [0.2, 0.25) is 5.91 Å². The number of likely N-dealkylation sites (tertiary alicyclic amines) is 1. The Morgan fingerprint density at radius 3 is 2.88 bits per heavy atom. The van der Waals surface area contributed by atoms with Crippen molar-refractivity contribution in [2.75, 3.05) is 26.2 Å². The summed E-state index contributed by atoms with van der Waals surface area (Å²) in [5.74, 6) is 1.72. The van der Waals surface area contributed by atoms with E-state index in [1.807, 2.05) is 0 Å². The molecule has 0 aromatic carbocycles. The normalized spacial score (nSPS) is 38.0. The number of hydrogen-bond acceptors (Lipinski definition) is 3. The molecule has 0 radical (unpaired) electrons. The zero-order valence-electron chi connectivity index (χ0n) is 15.2. The van der Waals surface area contributed by atoms with Crippen LogP contribution in [-0.2, 0) is 9.53 Å². The van der Waals surface area contributed by atoms with Gasteiger partial charge in [-0.25, -0.2) is 0 Å². The van der Waals surface area contributed by atoms with Gasteiger partial charge in [0.15, 0.2) is 0 Å². The van der Waals surface area contributed by atoms with Crippen molar-refractivity contribution < 1.29 is 9.53 Å². The number of allylic oxidation sites excluding steroid dienone is 1. The molecule has 1 saturated carbocycles. The summed E-state index contributed by atoms with van der Waals surface area (Å²) in [5, 5.41) is 3.25. The third-order valence-corrected chi connectivity index (χ3v) is 6.84. The van der Waals surface area contributed by atoms with Crippen LogP contribution in [0.3, 0.4) is 0 Å². The molecule has 4 heteroatoms. The molecular formula is C20H32N2O2. The third-order valence-electron chi connectivity index (χ3n) is 6.84. The van der Waals surface area contributed by atoms with Crippen LogP contribution in [0.4, 0.5) is 0 Å². The molecule has 134 valence electrons. The molecule has 1 aliphatic carbocycles. The molecule has 4 atom stereocenters. The van der Waals surface area contributed by atoms with E-state index in [2.05, 4.69) is 30.1 Å². The monoisotopic (exact) mass is 332 g/mol. The lowest BCUT2D eigenvalue weighted by molar-refractivity contribution is -0.127. The Morgan fingerprint density at radius 1 is 1.33 bits per heavy atom. The maximum atomic E-state index is 12.2. The van der Waals surface area contributed by atoms with Crippen molar-refractivity contribution in [2.24, 2.45) is 17.8 Å². The fraction of sp³-hybridized carbons (Fsp3) is 0.850. The van der Waals surface area contributed by atoms with E-state index in [1.165, 1.54) is 24.8 Å². The summed E-state index contributed by atoms with van der Waals surface area (Å²) < 4.78 is 6.48. The minimum absolute atomic E-state index is 0.0987. The van der Waals surface area contributed by atoms with Crippen LogP contribution in [-0.4, -0.2) is 48.7 Å². The summed E-state index contributed by atoms with van der Waals surface area (Å²) in [6.45, 7) is 8.55. The number of amides is 1. The number of nitrogens with one attached hydrogen (secondary N) is 1. The average Bonchev–Trinajstić information content (AvgIpc) is 3.10. The van der Waals surface area contributed by atoms with Crippen molar-refractivity contribution in [3.8, 4) is 0 Å². The fourth-order valence-electron chi connectivity index (χ4n) is 5.30. The van der Waals surface area contributed by atoms with Gasteiger partial charge in [-0.2, -0.15) is 0 Å². The van der Waals surface area contributed by atoms with Crippen LogP contribution < -0.4 is 5.32 Å². The molecule has 0 unspecified atom stereocenters. The van der Waals surface area contributed by atoms with Crippen molar-refractivity contribution in [1.82, 2.24) is 10.2 Å². The highest BCUT2D eigenvalue weighted by Gasteiger charge is 2.62. The molecular weight excluding hydrogens is 300 g/mol. The lowest BCUT2D eigenvalue weighted by atomic mass is 9.73. The summed E-state index contributed by atoms with van der Waals surface area (Å²) >= 11 is 0. The highest BCUT2D eigenvalue weighted by Crippen LogP contribution is 2.54. The topological polar surface area (TPSA) is 41.6 Å². The van der Waals surface area contributed by atoms with Gasteiger partial charge in [0.1, 0.15) is 0 Å². The lowest BCUT2D eigenvalue weighted by Gasteiger charge is -2.31. The Hall–Kier alpha value is -0.870. The van der Waals surface area contributed by atoms with Crippen LogP contribution in [0.5, 0.6) is 0 Å². The van der Waals surface area contributed by atoms with Gasteiger partial charge in [0.05, 0.1) is 11.7 Å². The summed E-state index contributed by atoms with van der Waals surface area (Å²) in [6, 6.07) is 0. The molecule has 3 aliphatic heterocycles. The van der Waals surface area contributed by atoms with E-state index >= 15 is 0 Å². The molecule has 1 N–H and O–H groups in total. The number of rotatable bonds is 6. The van der Waals surface area contributed by atoms with E-state index in [-0.39, 0.29) is 11.5 Å². The van der Waals surface area contributed by atoms with Gasteiger partial charge >= 0.3 is 0 Å². The predicted octanol–water partition coefficient (Wildman–Crippen LogP) is 2.74. The zero-order valence-corrected chi connectivity index (χ0v) is 15.2. The van der Waals surface area contributed by atoms with Gasteiger partial charge in [-0.15, -0.1) is 0 Å². The molecule has 3 heterocycles. The second kappa shape index (κ2) is 6.45. The van der Waals surface area contributed by atoms with Crippen LogP contribution in [0.25, 0.3) is 0 Å². The molecule has 1 amide bonds. The van der Waals surface area contributed by atoms with Crippen LogP contribution in [0.15, 0.2) is 11.6 Å². The Labute approximate surface area is 146 Å². The number of ether oxygens (including phenoxy) is 1. The molecule has 0 aromatic rings. The molecule has 1 spiro atoms. The van der Waals surface area contributed by atoms with Crippen molar-refractivity contribution >= 4 is 5.91 Å². The first-order valence-electron chi connectivity index (χ1n) is 9.89. The zero-order chi connectivity index (χ0) is 16.7. The van der Waals surface area contributed by atoms with Crippen LogP contribution in [0.2, 0.25) is 0 Å². The van der Waals surface area contributed by atoms with E-state index in [1.54, 1.807) is 0 Å². The number of nitrogens with zero attached hydrogens (tertiary/aromatic N) is 1. The first kappa shape index (κ1) is 16.6. The summed E-state index contributed by atoms with van der Waals surface area (Å²) in [5.41, 5.74) is 1.50. The predicted molar refractivity (Wildman–Crippen MR) is 94.7 cm³/mol. The minimum Gasteiger partial charge on any atom is -0.370 e. The summed E-state index contributed by atoms with van der Waals surface area (Å²) in [4.78, 5) is 14.8. The SMILES string of the molecule is CC(C)=CCCN1C[C@@H]2[C@H](CNC(=O)C3CCC3)[C@H]3CC[C@]2(C1)O3. The standard InChI is InChI=1S/C20H32N2O2/c1-14(2)5-4-10-22-12-17-16(11-21-19(23)15-6-3-7-15)18-8-9-20(17,13-22)24-18/h5,15-18H,3-4,6-13H2,1-2H3,(H,21,23)/t16-,17+,18+,20+/m0/s1. The molecule has 0 aromatic heterocycles. The fourth-order valence-corrected chi connectivity index (χ4v) is 5.30. The average molecular weight is 332 g/mol. The largest absolute Gasteiger partial charge is 0.370 e. The smallest absolute Gasteiger partial charge is 0.223 e. The summed E-state index contributed by atoms with van der Waals surface area (Å²) in [6.07, 6.45) is 9.65. The van der Waals surface area contributed by atoms with Crippen molar-refractivity contribution in [1.29, 1.82) is 0 Å². The van der Waals surface area contributed by atoms with Crippen LogP contribution >= 0.6 is 0 Å². The quantitative estimate of drug-likeness (QED) is 0.761. The molecule has 3 saturated heterocycles. The first-order valence-corrected chi connectivity index (χ1v) is 9.89. The number of carbonyl (C=O) groups is 1. The van der Waals surface area contributed by atoms with E-state index in [9.17, 15) is 4.79 Å². The Balaban J connectivity index is 1.33. The Kier molecular flexibility index (Phi) is 4.46. The van der Waals surface area contributed by atoms with E-state index < -0.39 is 0 Å². The molecule has 4 rings (SSSR count). The highest BCUT2D eigenvalue weighted by molar-refractivity contribution is 5.79. The molecule has 4 nitrogen and oxygen atoms in total. The molecule has 24 heavy (non-hydrogen) atoms. The van der Waals surface area contributed by atoms with Gasteiger partial charge in [0.25, 0.3) is 0 Å². The minimum atomic E-state index is 0.0987. The van der Waals surface area contributed by atoms with Gasteiger partial charge in [-0.1, -0.05) is 18.1 Å². The number of hydrogen-bond donors (Lipinski definition) is 1. The highest BCUT2D eigenvalue weighted by atomic mass is 16.5. The second-order valence-corrected chi connectivity index (χ2v) is 8.71. The Bertz CT molecular complexity index is 524. The van der Waals surface area contributed by atoms with E-state index in [4.69, 9.17) is 4.74 Å². The van der Waals surface area contributed by atoms with E-state index in [0.717, 1.165) is 45.4 Å². The number of fused-ring (bicyclic) bond motifs is 1. The van der Waals surface area contributed by atoms with Crippen molar-refractivity contribution in [3.05, 3.63) is 11.6 Å². The van der Waals surface area contributed by atoms with Gasteiger partial charge in [-0.05, 0) is 46.0 Å². The number of carbonyl (C=O) groups excluding carboxylic acids is 1. The Morgan fingerprint density at radius 2 is 2.17 bits per heavy atom. The van der Waals surface area contributed by atoms with Crippen molar-refractivity contribution in [3.63, 3.8) is 0 Å². The van der Waals surface area contributed by atoms with Crippen LogP contribution in [0, 0.1) is 17.8 Å². The molecule has 4 fully saturated rings. The second-order valence-electron chi connectivity index (χ2n) is 8.71. The van der Waals surface area contributed by atoms with Gasteiger partial charge in [-0.3, -0.25) is 9.69 Å². The van der Waals surface area contributed by atoms with Crippen molar-refractivity contribution in [2.45, 2.75) is 64.1 Å². The maximum absolute atomic E-state index is 12.2. The van der Waals surface area contributed by atoms with E-state index in [0.29, 0.717) is 23.9 Å². The van der Waals surface area contributed by atoms with Crippen LogP contribution in [0.1, 0.15) is 52.4 Å². The molecule has 2 bridgehead atoms. The lowest BCUT2D eigenvalue weighted by Crippen LogP contribution is -2.44. The maximum Gasteiger partial charge on any atom is 0.223 e. The molecule has 4 aliphatic rings. The van der Waals surface area contributed by atoms with Gasteiger partial charge in [0, 0.05) is 43.9 Å². The summed E-state index contributed by atoms with van der Waals surface area (Å²) in [7, 11) is 0. The van der Waals surface area contributed by atoms with Gasteiger partial charge < -0.3 is 10.1 Å².